The van der Waals surface area contributed by atoms with Crippen LogP contribution in [0.2, 0.25) is 0 Å². The molecule has 0 amide bonds. The van der Waals surface area contributed by atoms with Gasteiger partial charge in [0.15, 0.2) is 0 Å². The summed E-state index contributed by atoms with van der Waals surface area (Å²) in [6.45, 7) is 15.4. The van der Waals surface area contributed by atoms with Crippen LogP contribution in [0.25, 0.3) is 0 Å². The van der Waals surface area contributed by atoms with Crippen molar-refractivity contribution in [2.45, 2.75) is 98.3 Å². The molecule has 0 fully saturated rings. The van der Waals surface area contributed by atoms with Gasteiger partial charge < -0.3 is 9.47 Å². The van der Waals surface area contributed by atoms with Crippen molar-refractivity contribution in [3.63, 3.8) is 0 Å². The molecule has 1 aliphatic rings. The molecule has 4 heteroatoms. The highest BCUT2D eigenvalue weighted by Gasteiger charge is 2.39. The first-order valence-corrected chi connectivity index (χ1v) is 13.1. The topological polar surface area (TPSA) is 52.6 Å². The summed E-state index contributed by atoms with van der Waals surface area (Å²) in [7, 11) is 0. The number of unbranched alkanes of at least 4 members (excludes halogenated alkanes) is 2. The summed E-state index contributed by atoms with van der Waals surface area (Å²) < 4.78 is 11.4. The van der Waals surface area contributed by atoms with Crippen molar-refractivity contribution < 1.29 is 19.1 Å². The van der Waals surface area contributed by atoms with Gasteiger partial charge in [0.1, 0.15) is 11.7 Å². The number of aryl methyl sites for hydroxylation is 2. The summed E-state index contributed by atoms with van der Waals surface area (Å²) in [6.07, 6.45) is 5.33. The number of fused-ring (bicyclic) bond motifs is 1. The van der Waals surface area contributed by atoms with Crippen LogP contribution < -0.4 is 4.74 Å². The molecule has 2 aromatic rings. The fourth-order valence-electron chi connectivity index (χ4n) is 4.75. The van der Waals surface area contributed by atoms with Crippen molar-refractivity contribution in [3.05, 3.63) is 63.7 Å². The molecule has 0 spiro atoms. The number of rotatable bonds is 10. The van der Waals surface area contributed by atoms with Gasteiger partial charge in [-0.25, -0.2) is 0 Å². The first-order chi connectivity index (χ1) is 16.5. The van der Waals surface area contributed by atoms with E-state index in [1.165, 1.54) is 12.8 Å². The van der Waals surface area contributed by atoms with Crippen molar-refractivity contribution in [2.24, 2.45) is 5.92 Å². The molecule has 0 aromatic heterocycles. The Morgan fingerprint density at radius 1 is 1.06 bits per heavy atom. The summed E-state index contributed by atoms with van der Waals surface area (Å²) in [4.78, 5) is 25.5. The Labute approximate surface area is 211 Å². The van der Waals surface area contributed by atoms with E-state index in [-0.39, 0.29) is 17.4 Å². The minimum Gasteiger partial charge on any atom is -0.466 e. The zero-order chi connectivity index (χ0) is 25.8. The standard InChI is InChI=1S/C31H42O4/c1-20(2)12-9-8-10-17-34-27(32)16-15-23-18-25-28(24-14-11-13-21(3)22(24)4)30(33)35-29(25)26(19-23)31(5,6)7/h11,13-14,18-20,28H,8-10,12,15-17H2,1-7H3. The van der Waals surface area contributed by atoms with Crippen LogP contribution in [-0.4, -0.2) is 18.5 Å². The molecule has 1 aliphatic heterocycles. The van der Waals surface area contributed by atoms with Gasteiger partial charge in [-0.1, -0.05) is 84.2 Å². The molecule has 0 aliphatic carbocycles. The minimum atomic E-state index is -0.441. The van der Waals surface area contributed by atoms with Crippen LogP contribution in [0, 0.1) is 19.8 Å². The summed E-state index contributed by atoms with van der Waals surface area (Å²) in [5.41, 5.74) is 6.01. The van der Waals surface area contributed by atoms with E-state index < -0.39 is 5.92 Å². The average Bonchev–Trinajstić information content (AvgIpc) is 3.10. The van der Waals surface area contributed by atoms with Gasteiger partial charge in [-0.3, -0.25) is 9.59 Å². The third kappa shape index (κ3) is 6.74. The molecule has 190 valence electrons. The van der Waals surface area contributed by atoms with Gasteiger partial charge in [0.25, 0.3) is 0 Å². The molecule has 1 heterocycles. The van der Waals surface area contributed by atoms with Crippen LogP contribution >= 0.6 is 0 Å². The van der Waals surface area contributed by atoms with Crippen LogP contribution in [0.15, 0.2) is 30.3 Å². The zero-order valence-corrected chi connectivity index (χ0v) is 22.6. The first kappa shape index (κ1) is 27.0. The van der Waals surface area contributed by atoms with E-state index in [2.05, 4.69) is 66.7 Å². The normalized spacial score (nSPS) is 15.3. The lowest BCUT2D eigenvalue weighted by Crippen LogP contribution is -2.14. The predicted molar refractivity (Wildman–Crippen MR) is 141 cm³/mol. The van der Waals surface area contributed by atoms with E-state index in [1.54, 1.807) is 0 Å². The van der Waals surface area contributed by atoms with E-state index in [0.29, 0.717) is 25.2 Å². The van der Waals surface area contributed by atoms with Gasteiger partial charge in [0.2, 0.25) is 0 Å². The van der Waals surface area contributed by atoms with Gasteiger partial charge in [-0.15, -0.1) is 0 Å². The second-order valence-electron chi connectivity index (χ2n) is 11.4. The fourth-order valence-corrected chi connectivity index (χ4v) is 4.75. The molecule has 1 unspecified atom stereocenters. The summed E-state index contributed by atoms with van der Waals surface area (Å²) >= 11 is 0. The lowest BCUT2D eigenvalue weighted by atomic mass is 9.80. The highest BCUT2D eigenvalue weighted by Crippen LogP contribution is 2.46. The molecule has 0 bridgehead atoms. The monoisotopic (exact) mass is 478 g/mol. The number of carbonyl (C=O) groups is 2. The lowest BCUT2D eigenvalue weighted by Gasteiger charge is -2.23. The van der Waals surface area contributed by atoms with E-state index >= 15 is 0 Å². The van der Waals surface area contributed by atoms with Crippen molar-refractivity contribution in [1.82, 2.24) is 0 Å². The number of benzene rings is 2. The number of ether oxygens (including phenoxy) is 2. The molecule has 0 radical (unpaired) electrons. The van der Waals surface area contributed by atoms with Crippen molar-refractivity contribution in [3.8, 4) is 5.75 Å². The van der Waals surface area contributed by atoms with Gasteiger partial charge in [-0.05, 0) is 60.3 Å². The van der Waals surface area contributed by atoms with Gasteiger partial charge >= 0.3 is 11.9 Å². The highest BCUT2D eigenvalue weighted by molar-refractivity contribution is 5.91. The number of hydrogen-bond acceptors (Lipinski definition) is 4. The average molecular weight is 479 g/mol. The summed E-state index contributed by atoms with van der Waals surface area (Å²) in [5.74, 6) is 0.571. The Morgan fingerprint density at radius 3 is 2.49 bits per heavy atom. The SMILES string of the molecule is Cc1cccc(C2C(=O)Oc3c2cc(CCC(=O)OCCCCCC(C)C)cc3C(C)(C)C)c1C. The Hall–Kier alpha value is -2.62. The first-order valence-electron chi connectivity index (χ1n) is 13.1. The van der Waals surface area contributed by atoms with Gasteiger partial charge in [0, 0.05) is 17.5 Å². The molecular formula is C31H42O4. The second kappa shape index (κ2) is 11.4. The smallest absolute Gasteiger partial charge is 0.323 e. The van der Waals surface area contributed by atoms with Crippen LogP contribution in [0.4, 0.5) is 0 Å². The van der Waals surface area contributed by atoms with Crippen LogP contribution in [-0.2, 0) is 26.2 Å². The number of esters is 2. The molecule has 0 N–H and O–H groups in total. The summed E-state index contributed by atoms with van der Waals surface area (Å²) in [6, 6.07) is 10.2. The van der Waals surface area contributed by atoms with Crippen molar-refractivity contribution >= 4 is 11.9 Å². The molecule has 0 saturated carbocycles. The Kier molecular flexibility index (Phi) is 8.79. The molecule has 35 heavy (non-hydrogen) atoms. The maximum absolute atomic E-state index is 13.1. The maximum Gasteiger partial charge on any atom is 0.323 e. The Bertz CT molecular complexity index is 1060. The maximum atomic E-state index is 13.1. The largest absolute Gasteiger partial charge is 0.466 e. The third-order valence-electron chi connectivity index (χ3n) is 7.00. The van der Waals surface area contributed by atoms with Crippen LogP contribution in [0.3, 0.4) is 0 Å². The Morgan fingerprint density at radius 2 is 1.80 bits per heavy atom. The van der Waals surface area contributed by atoms with E-state index in [1.807, 2.05) is 12.1 Å². The van der Waals surface area contributed by atoms with Gasteiger partial charge in [0.05, 0.1) is 6.61 Å². The molecule has 2 aromatic carbocycles. The van der Waals surface area contributed by atoms with Crippen LogP contribution in [0.5, 0.6) is 5.75 Å². The number of hydrogen-bond donors (Lipinski definition) is 0. The molecule has 1 atom stereocenters. The minimum absolute atomic E-state index is 0.162. The van der Waals surface area contributed by atoms with Crippen molar-refractivity contribution in [1.29, 1.82) is 0 Å². The highest BCUT2D eigenvalue weighted by atomic mass is 16.5. The molecule has 3 rings (SSSR count). The van der Waals surface area contributed by atoms with Crippen molar-refractivity contribution in [2.75, 3.05) is 6.61 Å². The molecule has 4 nitrogen and oxygen atoms in total. The molecule has 0 saturated heterocycles. The lowest BCUT2D eigenvalue weighted by molar-refractivity contribution is -0.143. The summed E-state index contributed by atoms with van der Waals surface area (Å²) in [5, 5.41) is 0. The predicted octanol–water partition coefficient (Wildman–Crippen LogP) is 7.34. The second-order valence-corrected chi connectivity index (χ2v) is 11.4. The van der Waals surface area contributed by atoms with E-state index in [9.17, 15) is 9.59 Å². The quantitative estimate of drug-likeness (QED) is 0.204. The fraction of sp³-hybridized carbons (Fsp3) is 0.548. The third-order valence-corrected chi connectivity index (χ3v) is 7.00. The Balaban J connectivity index is 1.76. The van der Waals surface area contributed by atoms with Gasteiger partial charge in [-0.2, -0.15) is 0 Å². The number of carbonyl (C=O) groups excluding carboxylic acids is 2. The van der Waals surface area contributed by atoms with E-state index in [0.717, 1.165) is 52.1 Å². The zero-order valence-electron chi connectivity index (χ0n) is 22.6. The molecular weight excluding hydrogens is 436 g/mol. The van der Waals surface area contributed by atoms with E-state index in [4.69, 9.17) is 9.47 Å². The van der Waals surface area contributed by atoms with Crippen LogP contribution in [0.1, 0.15) is 106 Å².